The van der Waals surface area contributed by atoms with Gasteiger partial charge in [-0.25, -0.2) is 0 Å². The third-order valence-corrected chi connectivity index (χ3v) is 2.07. The smallest absolute Gasteiger partial charge is 0.284 e. The molecule has 0 spiro atoms. The molecule has 0 aliphatic carbocycles. The topological polar surface area (TPSA) is 93.1 Å². The molecular formula is C6H12O6S2. The largest absolute Gasteiger partial charge is 0.302 e. The second kappa shape index (κ2) is 8.21. The second-order valence-electron chi connectivity index (χ2n) is 2.27. The Kier molecular flexibility index (Phi) is 8.14. The Morgan fingerprint density at radius 1 is 1.36 bits per heavy atom. The summed E-state index contributed by atoms with van der Waals surface area (Å²) in [6.07, 6.45) is 1.65. The highest BCUT2D eigenvalue weighted by Crippen LogP contribution is 2.05. The van der Waals surface area contributed by atoms with E-state index in [2.05, 4.69) is 14.9 Å². The third-order valence-electron chi connectivity index (χ3n) is 1.29. The van der Waals surface area contributed by atoms with Crippen molar-refractivity contribution in [3.8, 4) is 0 Å². The van der Waals surface area contributed by atoms with Crippen LogP contribution in [0.5, 0.6) is 0 Å². The molecule has 0 radical (unpaired) electrons. The van der Waals surface area contributed by atoms with Gasteiger partial charge in [0, 0.05) is 0 Å². The molecule has 14 heavy (non-hydrogen) atoms. The fourth-order valence-corrected chi connectivity index (χ4v) is 1.37. The molecule has 0 saturated carbocycles. The summed E-state index contributed by atoms with van der Waals surface area (Å²) in [7, 11) is 0. The molecule has 0 aliphatic rings. The van der Waals surface area contributed by atoms with Gasteiger partial charge in [-0.3, -0.25) is 17.5 Å². The van der Waals surface area contributed by atoms with Gasteiger partial charge in [0.1, 0.15) is 0 Å². The molecule has 0 fully saturated rings. The SMILES string of the molecule is C=CC(CCCOS(=O)O)OS(=O)O. The number of hydrogen-bond donors (Lipinski definition) is 2. The van der Waals surface area contributed by atoms with E-state index in [1.807, 2.05) is 0 Å². The van der Waals surface area contributed by atoms with E-state index in [1.165, 1.54) is 6.08 Å². The van der Waals surface area contributed by atoms with Crippen molar-refractivity contribution in [2.24, 2.45) is 0 Å². The Balaban J connectivity index is 3.57. The summed E-state index contributed by atoms with van der Waals surface area (Å²) in [6.45, 7) is 3.49. The van der Waals surface area contributed by atoms with Crippen molar-refractivity contribution in [1.82, 2.24) is 0 Å². The number of rotatable bonds is 8. The zero-order valence-corrected chi connectivity index (χ0v) is 8.96. The van der Waals surface area contributed by atoms with Crippen LogP contribution in [0.25, 0.3) is 0 Å². The lowest BCUT2D eigenvalue weighted by Crippen LogP contribution is -2.12. The van der Waals surface area contributed by atoms with Crippen LogP contribution >= 0.6 is 0 Å². The average molecular weight is 244 g/mol. The normalized spacial score (nSPS) is 17.3. The van der Waals surface area contributed by atoms with Crippen molar-refractivity contribution in [3.63, 3.8) is 0 Å². The second-order valence-corrected chi connectivity index (χ2v) is 3.57. The maximum atomic E-state index is 10.2. The highest BCUT2D eigenvalue weighted by Gasteiger charge is 2.07. The van der Waals surface area contributed by atoms with Gasteiger partial charge in [-0.2, -0.15) is 8.42 Å². The fourth-order valence-electron chi connectivity index (χ4n) is 0.726. The van der Waals surface area contributed by atoms with Crippen LogP contribution in [0.3, 0.4) is 0 Å². The molecule has 0 amide bonds. The molecule has 6 nitrogen and oxygen atoms in total. The molecule has 84 valence electrons. The number of hydrogen-bond acceptors (Lipinski definition) is 4. The lowest BCUT2D eigenvalue weighted by molar-refractivity contribution is 0.217. The van der Waals surface area contributed by atoms with Crippen molar-refractivity contribution >= 4 is 22.7 Å². The van der Waals surface area contributed by atoms with Crippen LogP contribution in [-0.4, -0.2) is 30.2 Å². The lowest BCUT2D eigenvalue weighted by atomic mass is 10.2. The first-order valence-corrected chi connectivity index (χ1v) is 5.77. The van der Waals surface area contributed by atoms with E-state index in [9.17, 15) is 8.42 Å². The summed E-state index contributed by atoms with van der Waals surface area (Å²) in [5, 5.41) is 0. The predicted octanol–water partition coefficient (Wildman–Crippen LogP) is 0.628. The Morgan fingerprint density at radius 2 is 2.00 bits per heavy atom. The molecule has 0 aromatic carbocycles. The summed E-state index contributed by atoms with van der Waals surface area (Å²) in [6, 6.07) is 0. The van der Waals surface area contributed by atoms with Crippen molar-refractivity contribution in [2.75, 3.05) is 6.61 Å². The van der Waals surface area contributed by atoms with Gasteiger partial charge in [-0.15, -0.1) is 6.58 Å². The Morgan fingerprint density at radius 3 is 2.43 bits per heavy atom. The molecule has 0 aromatic rings. The Bertz CT molecular complexity index is 218. The first-order chi connectivity index (χ1) is 6.56. The highest BCUT2D eigenvalue weighted by atomic mass is 32.2. The zero-order chi connectivity index (χ0) is 11.0. The summed E-state index contributed by atoms with van der Waals surface area (Å²) in [5.74, 6) is 0. The molecule has 8 heteroatoms. The van der Waals surface area contributed by atoms with E-state index in [0.29, 0.717) is 12.8 Å². The maximum Gasteiger partial charge on any atom is 0.302 e. The molecule has 3 atom stereocenters. The van der Waals surface area contributed by atoms with Crippen molar-refractivity contribution in [1.29, 1.82) is 0 Å². The summed E-state index contributed by atoms with van der Waals surface area (Å²) in [5.41, 5.74) is 0. The molecular weight excluding hydrogens is 232 g/mol. The summed E-state index contributed by atoms with van der Waals surface area (Å²) in [4.78, 5) is 0. The van der Waals surface area contributed by atoms with Crippen LogP contribution in [0.2, 0.25) is 0 Å². The van der Waals surface area contributed by atoms with E-state index in [0.717, 1.165) is 0 Å². The van der Waals surface area contributed by atoms with Crippen molar-refractivity contribution < 1.29 is 25.9 Å². The minimum atomic E-state index is -2.33. The third kappa shape index (κ3) is 8.48. The van der Waals surface area contributed by atoms with E-state index in [4.69, 9.17) is 9.11 Å². The first kappa shape index (κ1) is 13.9. The van der Waals surface area contributed by atoms with Gasteiger partial charge in [-0.05, 0) is 12.8 Å². The minimum Gasteiger partial charge on any atom is -0.284 e. The van der Waals surface area contributed by atoms with Crippen molar-refractivity contribution in [3.05, 3.63) is 12.7 Å². The quantitative estimate of drug-likeness (QED) is 0.369. The van der Waals surface area contributed by atoms with Crippen LogP contribution in [-0.2, 0) is 31.1 Å². The fraction of sp³-hybridized carbons (Fsp3) is 0.667. The van der Waals surface area contributed by atoms with Gasteiger partial charge in [-0.1, -0.05) is 6.08 Å². The summed E-state index contributed by atoms with van der Waals surface area (Å²) < 4.78 is 45.7. The van der Waals surface area contributed by atoms with Gasteiger partial charge >= 0.3 is 22.7 Å². The molecule has 2 N–H and O–H groups in total. The van der Waals surface area contributed by atoms with E-state index < -0.39 is 28.8 Å². The Hall–Kier alpha value is -0.120. The summed E-state index contributed by atoms with van der Waals surface area (Å²) >= 11 is -4.60. The van der Waals surface area contributed by atoms with Crippen LogP contribution in [0.15, 0.2) is 12.7 Å². The van der Waals surface area contributed by atoms with Gasteiger partial charge in [0.25, 0.3) is 0 Å². The molecule has 0 aliphatic heterocycles. The molecule has 0 bridgehead atoms. The Labute approximate surface area is 87.3 Å². The lowest BCUT2D eigenvalue weighted by Gasteiger charge is -2.08. The maximum absolute atomic E-state index is 10.2. The monoisotopic (exact) mass is 244 g/mol. The van der Waals surface area contributed by atoms with Gasteiger partial charge in [0.15, 0.2) is 0 Å². The molecule has 0 heterocycles. The van der Waals surface area contributed by atoms with Gasteiger partial charge in [0.2, 0.25) is 0 Å². The molecule has 0 rings (SSSR count). The van der Waals surface area contributed by atoms with E-state index in [1.54, 1.807) is 0 Å². The first-order valence-electron chi connectivity index (χ1n) is 3.71. The van der Waals surface area contributed by atoms with Crippen LogP contribution in [0.1, 0.15) is 12.8 Å². The molecule has 0 aromatic heterocycles. The molecule has 3 unspecified atom stereocenters. The molecule has 0 saturated heterocycles. The highest BCUT2D eigenvalue weighted by molar-refractivity contribution is 7.74. The average Bonchev–Trinajstić information content (AvgIpc) is 2.09. The standard InChI is InChI=1S/C6H12O6S2/c1-2-6(12-14(9)10)4-3-5-11-13(7)8/h2,6H,1,3-5H2,(H,7,8)(H,9,10). The van der Waals surface area contributed by atoms with Crippen LogP contribution in [0, 0.1) is 0 Å². The zero-order valence-electron chi connectivity index (χ0n) is 7.33. The van der Waals surface area contributed by atoms with Crippen LogP contribution < -0.4 is 0 Å². The van der Waals surface area contributed by atoms with Gasteiger partial charge in [0.05, 0.1) is 12.7 Å². The predicted molar refractivity (Wildman–Crippen MR) is 51.8 cm³/mol. The minimum absolute atomic E-state index is 0.0782. The van der Waals surface area contributed by atoms with Gasteiger partial charge < -0.3 is 0 Å². The van der Waals surface area contributed by atoms with E-state index in [-0.39, 0.29) is 6.61 Å². The van der Waals surface area contributed by atoms with Crippen molar-refractivity contribution in [2.45, 2.75) is 18.9 Å². The van der Waals surface area contributed by atoms with E-state index >= 15 is 0 Å². The van der Waals surface area contributed by atoms with Crippen LogP contribution in [0.4, 0.5) is 0 Å².